The summed E-state index contributed by atoms with van der Waals surface area (Å²) < 4.78 is 33.3. The van der Waals surface area contributed by atoms with Crippen LogP contribution in [0.25, 0.3) is 10.8 Å². The number of sulfonamides is 1. The number of rotatable bonds is 7. The van der Waals surface area contributed by atoms with Crippen LogP contribution in [-0.4, -0.2) is 35.4 Å². The van der Waals surface area contributed by atoms with Gasteiger partial charge < -0.3 is 8.98 Å². The molecule has 3 aromatic heterocycles. The zero-order valence-corrected chi connectivity index (χ0v) is 16.1. The van der Waals surface area contributed by atoms with Crippen LogP contribution in [-0.2, 0) is 16.6 Å². The van der Waals surface area contributed by atoms with Gasteiger partial charge in [0.1, 0.15) is 0 Å². The van der Waals surface area contributed by atoms with Gasteiger partial charge in [-0.05, 0) is 18.2 Å². The number of pyridine rings is 1. The van der Waals surface area contributed by atoms with Crippen molar-refractivity contribution >= 4 is 21.4 Å². The van der Waals surface area contributed by atoms with Crippen molar-refractivity contribution in [1.82, 2.24) is 13.9 Å². The van der Waals surface area contributed by atoms with Gasteiger partial charge in [-0.2, -0.15) is 4.31 Å². The zero-order chi connectivity index (χ0) is 18.7. The standard InChI is InChI=1S/C17H19N3O4S2/c1-3-20(4-2)26(22,23)14-7-8-16(21)19(11-14)10-13-12-25-17(18-13)15-6-5-9-24-15/h5-9,11-12H,3-4,10H2,1-2H3. The van der Waals surface area contributed by atoms with E-state index in [4.69, 9.17) is 4.42 Å². The van der Waals surface area contributed by atoms with E-state index in [1.165, 1.54) is 38.5 Å². The molecule has 0 unspecified atom stereocenters. The molecule has 0 saturated heterocycles. The van der Waals surface area contributed by atoms with E-state index >= 15 is 0 Å². The Hall–Kier alpha value is -2.23. The quantitative estimate of drug-likeness (QED) is 0.616. The van der Waals surface area contributed by atoms with Gasteiger partial charge in [0.05, 0.1) is 23.4 Å². The molecular formula is C17H19N3O4S2. The minimum Gasteiger partial charge on any atom is -0.462 e. The van der Waals surface area contributed by atoms with Gasteiger partial charge >= 0.3 is 0 Å². The Bertz CT molecular complexity index is 1030. The van der Waals surface area contributed by atoms with Crippen molar-refractivity contribution in [2.75, 3.05) is 13.1 Å². The van der Waals surface area contributed by atoms with Crippen LogP contribution in [0.3, 0.4) is 0 Å². The van der Waals surface area contributed by atoms with Crippen LogP contribution in [0.4, 0.5) is 0 Å². The van der Waals surface area contributed by atoms with E-state index in [-0.39, 0.29) is 17.0 Å². The Morgan fingerprint density at radius 1 is 1.23 bits per heavy atom. The highest BCUT2D eigenvalue weighted by Crippen LogP contribution is 2.24. The molecule has 0 bridgehead atoms. The molecule has 9 heteroatoms. The zero-order valence-electron chi connectivity index (χ0n) is 14.5. The van der Waals surface area contributed by atoms with Crippen molar-refractivity contribution in [3.05, 3.63) is 58.2 Å². The van der Waals surface area contributed by atoms with Crippen LogP contribution >= 0.6 is 11.3 Å². The molecule has 0 N–H and O–H groups in total. The SMILES string of the molecule is CCN(CC)S(=O)(=O)c1ccc(=O)n(Cc2csc(-c3ccco3)n2)c1. The van der Waals surface area contributed by atoms with Gasteiger partial charge in [0.25, 0.3) is 5.56 Å². The fourth-order valence-corrected chi connectivity index (χ4v) is 4.82. The molecule has 7 nitrogen and oxygen atoms in total. The number of nitrogens with zero attached hydrogens (tertiary/aromatic N) is 3. The summed E-state index contributed by atoms with van der Waals surface area (Å²) in [7, 11) is -3.62. The van der Waals surface area contributed by atoms with Crippen LogP contribution in [0.2, 0.25) is 0 Å². The highest BCUT2D eigenvalue weighted by Gasteiger charge is 2.22. The number of thiazole rings is 1. The van der Waals surface area contributed by atoms with E-state index in [0.717, 1.165) is 0 Å². The number of aromatic nitrogens is 2. The molecule has 0 atom stereocenters. The van der Waals surface area contributed by atoms with Gasteiger partial charge in [-0.1, -0.05) is 13.8 Å². The molecule has 0 spiro atoms. The van der Waals surface area contributed by atoms with Crippen molar-refractivity contribution in [3.8, 4) is 10.8 Å². The van der Waals surface area contributed by atoms with Gasteiger partial charge in [0.15, 0.2) is 10.8 Å². The molecule has 0 saturated carbocycles. The highest BCUT2D eigenvalue weighted by molar-refractivity contribution is 7.89. The second kappa shape index (κ2) is 7.56. The topological polar surface area (TPSA) is 85.4 Å². The van der Waals surface area contributed by atoms with E-state index in [9.17, 15) is 13.2 Å². The summed E-state index contributed by atoms with van der Waals surface area (Å²) >= 11 is 1.41. The van der Waals surface area contributed by atoms with Gasteiger partial charge in [-0.25, -0.2) is 13.4 Å². The molecule has 26 heavy (non-hydrogen) atoms. The minimum absolute atomic E-state index is 0.0993. The van der Waals surface area contributed by atoms with E-state index in [2.05, 4.69) is 4.98 Å². The van der Waals surface area contributed by atoms with Crippen molar-refractivity contribution in [1.29, 1.82) is 0 Å². The number of hydrogen-bond donors (Lipinski definition) is 0. The third kappa shape index (κ3) is 3.64. The number of hydrogen-bond acceptors (Lipinski definition) is 6. The summed E-state index contributed by atoms with van der Waals surface area (Å²) in [5.74, 6) is 0.659. The fraction of sp³-hybridized carbons (Fsp3) is 0.294. The number of furan rings is 1. The molecule has 0 aliphatic heterocycles. The first-order valence-corrected chi connectivity index (χ1v) is 10.5. The first-order valence-electron chi connectivity index (χ1n) is 8.14. The largest absolute Gasteiger partial charge is 0.462 e. The lowest BCUT2D eigenvalue weighted by Crippen LogP contribution is -2.32. The maximum Gasteiger partial charge on any atom is 0.250 e. The molecule has 3 aromatic rings. The summed E-state index contributed by atoms with van der Waals surface area (Å²) in [5.41, 5.74) is 0.386. The van der Waals surface area contributed by atoms with Crippen LogP contribution < -0.4 is 5.56 Å². The Morgan fingerprint density at radius 2 is 2.00 bits per heavy atom. The molecule has 138 valence electrons. The lowest BCUT2D eigenvalue weighted by Gasteiger charge is -2.18. The summed E-state index contributed by atoms with van der Waals surface area (Å²) in [6.45, 7) is 4.50. The first kappa shape index (κ1) is 18.6. The second-order valence-electron chi connectivity index (χ2n) is 5.54. The summed E-state index contributed by atoms with van der Waals surface area (Å²) in [6, 6.07) is 6.21. The van der Waals surface area contributed by atoms with E-state index < -0.39 is 10.0 Å². The molecular weight excluding hydrogens is 374 g/mol. The average Bonchev–Trinajstić information content (AvgIpc) is 3.29. The summed E-state index contributed by atoms with van der Waals surface area (Å²) in [4.78, 5) is 16.7. The van der Waals surface area contributed by atoms with Crippen molar-refractivity contribution in [2.24, 2.45) is 0 Å². The van der Waals surface area contributed by atoms with Gasteiger partial charge in [0.2, 0.25) is 10.0 Å². The van der Waals surface area contributed by atoms with Crippen molar-refractivity contribution in [2.45, 2.75) is 25.3 Å². The molecule has 0 amide bonds. The van der Waals surface area contributed by atoms with Crippen molar-refractivity contribution in [3.63, 3.8) is 0 Å². The van der Waals surface area contributed by atoms with E-state index in [0.29, 0.717) is 29.6 Å². The van der Waals surface area contributed by atoms with Crippen LogP contribution in [0, 0.1) is 0 Å². The predicted molar refractivity (Wildman–Crippen MR) is 99.7 cm³/mol. The minimum atomic E-state index is -3.62. The predicted octanol–water partition coefficient (Wildman–Crippen LogP) is 2.64. The first-order chi connectivity index (χ1) is 12.5. The van der Waals surface area contributed by atoms with Crippen LogP contribution in [0.15, 0.2) is 56.2 Å². The molecule has 3 heterocycles. The highest BCUT2D eigenvalue weighted by atomic mass is 32.2. The lowest BCUT2D eigenvalue weighted by atomic mass is 10.4. The van der Waals surface area contributed by atoms with Crippen molar-refractivity contribution < 1.29 is 12.8 Å². The van der Waals surface area contributed by atoms with Gasteiger partial charge in [-0.3, -0.25) is 4.79 Å². The lowest BCUT2D eigenvalue weighted by molar-refractivity contribution is 0.444. The normalized spacial score (nSPS) is 12.0. The maximum absolute atomic E-state index is 12.7. The molecule has 0 aromatic carbocycles. The Morgan fingerprint density at radius 3 is 2.65 bits per heavy atom. The maximum atomic E-state index is 12.7. The Labute approximate surface area is 155 Å². The third-order valence-corrected chi connectivity index (χ3v) is 6.85. The summed E-state index contributed by atoms with van der Waals surface area (Å²) in [6.07, 6.45) is 2.95. The van der Waals surface area contributed by atoms with Crippen LogP contribution in [0.1, 0.15) is 19.5 Å². The van der Waals surface area contributed by atoms with Gasteiger partial charge in [-0.15, -0.1) is 11.3 Å². The third-order valence-electron chi connectivity index (χ3n) is 3.92. The van der Waals surface area contributed by atoms with E-state index in [1.54, 1.807) is 26.2 Å². The van der Waals surface area contributed by atoms with E-state index in [1.807, 2.05) is 11.4 Å². The molecule has 3 rings (SSSR count). The second-order valence-corrected chi connectivity index (χ2v) is 8.34. The Balaban J connectivity index is 1.91. The summed E-state index contributed by atoms with van der Waals surface area (Å²) in [5, 5.41) is 2.54. The molecule has 0 aliphatic rings. The monoisotopic (exact) mass is 393 g/mol. The fourth-order valence-electron chi connectivity index (χ4n) is 2.57. The molecule has 0 radical (unpaired) electrons. The average molecular weight is 393 g/mol. The molecule has 0 fully saturated rings. The Kier molecular flexibility index (Phi) is 5.40. The smallest absolute Gasteiger partial charge is 0.250 e. The van der Waals surface area contributed by atoms with Crippen LogP contribution in [0.5, 0.6) is 0 Å². The van der Waals surface area contributed by atoms with Gasteiger partial charge in [0, 0.05) is 30.7 Å². The molecule has 0 aliphatic carbocycles.